The van der Waals surface area contributed by atoms with Gasteiger partial charge in [-0.15, -0.1) is 0 Å². The zero-order valence-electron chi connectivity index (χ0n) is 16.3. The molecule has 0 amide bonds. The Morgan fingerprint density at radius 1 is 1.25 bits per heavy atom. The summed E-state index contributed by atoms with van der Waals surface area (Å²) < 4.78 is 32.6. The lowest BCUT2D eigenvalue weighted by atomic mass is 10.00. The highest BCUT2D eigenvalue weighted by atomic mass is 19.2. The van der Waals surface area contributed by atoms with Gasteiger partial charge in [0.2, 0.25) is 0 Å². The lowest BCUT2D eigenvalue weighted by Gasteiger charge is -2.46. The minimum Gasteiger partial charge on any atom is -0.478 e. The van der Waals surface area contributed by atoms with Gasteiger partial charge in [0.25, 0.3) is 0 Å². The van der Waals surface area contributed by atoms with Gasteiger partial charge in [-0.2, -0.15) is 0 Å². The lowest BCUT2D eigenvalue weighted by Crippen LogP contribution is -2.54. The number of carboxylic acid groups (broad SMARTS) is 1. The van der Waals surface area contributed by atoms with E-state index in [1.54, 1.807) is 25.9 Å². The molecule has 0 aromatic heterocycles. The number of rotatable bonds is 5. The molecule has 1 N–H and O–H groups in total. The summed E-state index contributed by atoms with van der Waals surface area (Å²) in [6.07, 6.45) is 1.71. The summed E-state index contributed by atoms with van der Waals surface area (Å²) in [5.74, 6) is -2.31. The molecule has 1 unspecified atom stereocenters. The van der Waals surface area contributed by atoms with Gasteiger partial charge in [-0.05, 0) is 36.3 Å². The van der Waals surface area contributed by atoms with E-state index < -0.39 is 17.6 Å². The molecule has 1 atom stereocenters. The average molecular weight is 393 g/mol. The van der Waals surface area contributed by atoms with E-state index in [0.717, 1.165) is 12.1 Å². The van der Waals surface area contributed by atoms with Crippen molar-refractivity contribution >= 4 is 5.97 Å². The summed E-state index contributed by atoms with van der Waals surface area (Å²) >= 11 is 0. The van der Waals surface area contributed by atoms with Crippen LogP contribution in [-0.2, 0) is 16.1 Å². The molecule has 2 aliphatic rings. The minimum atomic E-state index is -1.02. The third-order valence-electron chi connectivity index (χ3n) is 5.00. The quantitative estimate of drug-likeness (QED) is 0.828. The van der Waals surface area contributed by atoms with Crippen LogP contribution < -0.4 is 0 Å². The topological polar surface area (TPSA) is 56.2 Å². The number of benzene rings is 1. The lowest BCUT2D eigenvalue weighted by molar-refractivity contribution is -0.132. The molecule has 1 fully saturated rings. The highest BCUT2D eigenvalue weighted by molar-refractivity contribution is 5.92. The number of nitrogens with zero attached hydrogens (tertiary/aromatic N) is 3. The first kappa shape index (κ1) is 20.3. The van der Waals surface area contributed by atoms with Gasteiger partial charge in [0.05, 0.1) is 13.2 Å². The van der Waals surface area contributed by atoms with Crippen molar-refractivity contribution in [1.29, 1.82) is 0 Å². The highest BCUT2D eigenvalue weighted by Crippen LogP contribution is 2.32. The monoisotopic (exact) mass is 393 g/mol. The number of ether oxygens (including phenoxy) is 1. The Balaban J connectivity index is 2.05. The number of hydrogen-bond donors (Lipinski definition) is 1. The van der Waals surface area contributed by atoms with Crippen molar-refractivity contribution in [2.45, 2.75) is 19.6 Å². The average Bonchev–Trinajstić information content (AvgIpc) is 2.65. The van der Waals surface area contributed by atoms with E-state index in [9.17, 15) is 18.7 Å². The molecule has 0 aliphatic carbocycles. The van der Waals surface area contributed by atoms with Crippen LogP contribution in [-0.4, -0.2) is 72.3 Å². The fourth-order valence-electron chi connectivity index (χ4n) is 3.73. The molecule has 3 rings (SSSR count). The fourth-order valence-corrected chi connectivity index (χ4v) is 3.73. The molecule has 6 nitrogen and oxygen atoms in total. The van der Waals surface area contributed by atoms with E-state index in [0.29, 0.717) is 43.3 Å². The number of hydrogen-bond acceptors (Lipinski definition) is 5. The second-order valence-electron chi connectivity index (χ2n) is 7.19. The first-order valence-electron chi connectivity index (χ1n) is 9.15. The summed E-state index contributed by atoms with van der Waals surface area (Å²) in [5, 5.41) is 9.79. The van der Waals surface area contributed by atoms with Gasteiger partial charge in [-0.1, -0.05) is 6.07 Å². The Labute approximate surface area is 163 Å². The summed E-state index contributed by atoms with van der Waals surface area (Å²) in [6, 6.07) is 3.77. The largest absolute Gasteiger partial charge is 0.478 e. The van der Waals surface area contributed by atoms with Crippen LogP contribution in [0.4, 0.5) is 8.78 Å². The van der Waals surface area contributed by atoms with Crippen LogP contribution in [0.3, 0.4) is 0 Å². The molecular formula is C20H25F2N3O3. The van der Waals surface area contributed by atoms with Crippen molar-refractivity contribution in [3.05, 3.63) is 58.4 Å². The maximum atomic E-state index is 13.8. The molecule has 2 heterocycles. The Morgan fingerprint density at radius 3 is 2.50 bits per heavy atom. The standard InChI is InChI=1S/C20H25F2N3O3/c1-13-10-17(24-6-8-28-9-7-24)25(19(23(2)3)18(13)20(26)27)12-14-4-5-15(21)16(22)11-14/h4-5,10-11,17H,6-9,12H2,1-3H3,(H,26,27). The number of carbonyl (C=O) groups is 1. The van der Waals surface area contributed by atoms with Crippen molar-refractivity contribution in [2.24, 2.45) is 0 Å². The van der Waals surface area contributed by atoms with E-state index in [1.807, 2.05) is 11.0 Å². The van der Waals surface area contributed by atoms with Gasteiger partial charge in [-0.3, -0.25) is 4.90 Å². The number of morpholine rings is 1. The van der Waals surface area contributed by atoms with Crippen LogP contribution in [0.15, 0.2) is 41.2 Å². The SMILES string of the molecule is CC1=CC(N2CCOCC2)N(Cc2ccc(F)c(F)c2)C(N(C)C)=C1C(=O)O. The first-order valence-corrected chi connectivity index (χ1v) is 9.15. The zero-order valence-corrected chi connectivity index (χ0v) is 16.3. The normalized spacial score (nSPS) is 21.0. The summed E-state index contributed by atoms with van der Waals surface area (Å²) in [7, 11) is 3.57. The fraction of sp³-hybridized carbons (Fsp3) is 0.450. The van der Waals surface area contributed by atoms with Crippen molar-refractivity contribution < 1.29 is 23.4 Å². The molecule has 8 heteroatoms. The molecule has 0 spiro atoms. The van der Waals surface area contributed by atoms with E-state index in [2.05, 4.69) is 4.90 Å². The second-order valence-corrected chi connectivity index (χ2v) is 7.19. The third kappa shape index (κ3) is 4.02. The Hall–Kier alpha value is -2.45. The van der Waals surface area contributed by atoms with Crippen molar-refractivity contribution in [1.82, 2.24) is 14.7 Å². The maximum Gasteiger partial charge on any atom is 0.339 e. The smallest absolute Gasteiger partial charge is 0.339 e. The predicted octanol–water partition coefficient (Wildman–Crippen LogP) is 2.24. The van der Waals surface area contributed by atoms with Crippen LogP contribution >= 0.6 is 0 Å². The molecule has 1 aromatic carbocycles. The van der Waals surface area contributed by atoms with Crippen LogP contribution in [0.2, 0.25) is 0 Å². The molecule has 0 saturated carbocycles. The third-order valence-corrected chi connectivity index (χ3v) is 5.00. The highest BCUT2D eigenvalue weighted by Gasteiger charge is 2.35. The number of halogens is 2. The predicted molar refractivity (Wildman–Crippen MR) is 100 cm³/mol. The first-order chi connectivity index (χ1) is 13.3. The molecule has 1 saturated heterocycles. The van der Waals surface area contributed by atoms with E-state index in [1.165, 1.54) is 6.07 Å². The summed E-state index contributed by atoms with van der Waals surface area (Å²) in [6.45, 7) is 4.62. The molecular weight excluding hydrogens is 368 g/mol. The van der Waals surface area contributed by atoms with Gasteiger partial charge < -0.3 is 19.6 Å². The van der Waals surface area contributed by atoms with Crippen LogP contribution in [0, 0.1) is 11.6 Å². The second kappa shape index (κ2) is 8.28. The molecule has 28 heavy (non-hydrogen) atoms. The number of aliphatic carboxylic acids is 1. The van der Waals surface area contributed by atoms with Gasteiger partial charge >= 0.3 is 5.97 Å². The van der Waals surface area contributed by atoms with Crippen molar-refractivity contribution in [3.8, 4) is 0 Å². The zero-order chi connectivity index (χ0) is 20.4. The Morgan fingerprint density at radius 2 is 1.93 bits per heavy atom. The van der Waals surface area contributed by atoms with Crippen LogP contribution in [0.1, 0.15) is 12.5 Å². The van der Waals surface area contributed by atoms with Gasteiger partial charge in [0.1, 0.15) is 17.6 Å². The Kier molecular flexibility index (Phi) is 6.00. The molecule has 1 aromatic rings. The molecule has 0 radical (unpaired) electrons. The molecule has 2 aliphatic heterocycles. The minimum absolute atomic E-state index is 0.206. The van der Waals surface area contributed by atoms with E-state index in [4.69, 9.17) is 4.74 Å². The van der Waals surface area contributed by atoms with Gasteiger partial charge in [0.15, 0.2) is 11.6 Å². The van der Waals surface area contributed by atoms with Gasteiger partial charge in [0, 0.05) is 33.7 Å². The van der Waals surface area contributed by atoms with E-state index in [-0.39, 0.29) is 18.3 Å². The summed E-state index contributed by atoms with van der Waals surface area (Å²) in [4.78, 5) is 17.8. The van der Waals surface area contributed by atoms with Crippen LogP contribution in [0.5, 0.6) is 0 Å². The summed E-state index contributed by atoms with van der Waals surface area (Å²) in [5.41, 5.74) is 1.44. The van der Waals surface area contributed by atoms with Crippen molar-refractivity contribution in [3.63, 3.8) is 0 Å². The van der Waals surface area contributed by atoms with E-state index >= 15 is 0 Å². The maximum absolute atomic E-state index is 13.8. The Bertz CT molecular complexity index is 817. The number of carboxylic acids is 1. The molecule has 0 bridgehead atoms. The van der Waals surface area contributed by atoms with Crippen molar-refractivity contribution in [2.75, 3.05) is 40.4 Å². The molecule has 152 valence electrons. The van der Waals surface area contributed by atoms with Crippen LogP contribution in [0.25, 0.3) is 0 Å². The van der Waals surface area contributed by atoms with Gasteiger partial charge in [-0.25, -0.2) is 13.6 Å².